The number of nitrogens with zero attached hydrogens (tertiary/aromatic N) is 4. The van der Waals surface area contributed by atoms with Crippen molar-refractivity contribution < 1.29 is 10.2 Å². The van der Waals surface area contributed by atoms with E-state index >= 15 is 0 Å². The minimum Gasteiger partial charge on any atom is -0.368 e. The Morgan fingerprint density at radius 2 is 1.86 bits per heavy atom. The van der Waals surface area contributed by atoms with Crippen LogP contribution in [0.1, 0.15) is 24.0 Å². The third-order valence-corrected chi connectivity index (χ3v) is 4.93. The zero-order valence-corrected chi connectivity index (χ0v) is 16.3. The molecular weight excluding hydrogens is 362 g/mol. The van der Waals surface area contributed by atoms with Crippen LogP contribution >= 0.6 is 0 Å². The molecule has 150 valence electrons. The lowest BCUT2D eigenvalue weighted by molar-refractivity contribution is -0.0472. The standard InChI is InChI=1S/C19H25N5O4/c1-11-9-13-14(10-12(11)2)24(8-7-23(3)6-4-5-15(25)26)17-16(20-13)18(27)22-19(28)21-17/h9-10,15,25-26H,4-8H2,1-3H3,(H,22,27,28). The second-order valence-electron chi connectivity index (χ2n) is 7.16. The van der Waals surface area contributed by atoms with Gasteiger partial charge in [-0.1, -0.05) is 0 Å². The second kappa shape index (κ2) is 8.17. The van der Waals surface area contributed by atoms with E-state index in [2.05, 4.69) is 19.9 Å². The van der Waals surface area contributed by atoms with Gasteiger partial charge in [0.25, 0.3) is 5.56 Å². The number of aromatic nitrogens is 4. The van der Waals surface area contributed by atoms with Gasteiger partial charge in [-0.05, 0) is 63.5 Å². The Morgan fingerprint density at radius 1 is 1.14 bits per heavy atom. The van der Waals surface area contributed by atoms with Gasteiger partial charge < -0.3 is 19.7 Å². The van der Waals surface area contributed by atoms with Crippen LogP contribution in [0.3, 0.4) is 0 Å². The van der Waals surface area contributed by atoms with Crippen LogP contribution in [0.5, 0.6) is 0 Å². The summed E-state index contributed by atoms with van der Waals surface area (Å²) in [6.45, 7) is 5.82. The zero-order chi connectivity index (χ0) is 20.4. The summed E-state index contributed by atoms with van der Waals surface area (Å²) in [7, 11) is 1.94. The molecule has 9 nitrogen and oxygen atoms in total. The minimum absolute atomic E-state index is 0.140. The van der Waals surface area contributed by atoms with E-state index in [1.807, 2.05) is 37.6 Å². The summed E-state index contributed by atoms with van der Waals surface area (Å²) < 4.78 is 1.86. The number of benzene rings is 1. The maximum Gasteiger partial charge on any atom is 0.349 e. The average molecular weight is 387 g/mol. The molecule has 2 aliphatic heterocycles. The highest BCUT2D eigenvalue weighted by Crippen LogP contribution is 2.23. The van der Waals surface area contributed by atoms with Crippen LogP contribution in [0.4, 0.5) is 0 Å². The summed E-state index contributed by atoms with van der Waals surface area (Å²) in [5, 5.41) is 17.9. The van der Waals surface area contributed by atoms with Gasteiger partial charge in [0.05, 0.1) is 11.0 Å². The molecule has 0 aromatic heterocycles. The number of rotatable bonds is 7. The first kappa shape index (κ1) is 20.1. The van der Waals surface area contributed by atoms with E-state index in [0.29, 0.717) is 38.0 Å². The number of aryl methyl sites for hydroxylation is 2. The quantitative estimate of drug-likeness (QED) is 0.391. The molecule has 3 rings (SSSR count). The molecule has 0 aliphatic carbocycles. The Morgan fingerprint density at radius 3 is 2.57 bits per heavy atom. The molecule has 0 saturated carbocycles. The van der Waals surface area contributed by atoms with Crippen molar-refractivity contribution in [3.63, 3.8) is 0 Å². The van der Waals surface area contributed by atoms with Crippen LogP contribution in [-0.4, -0.2) is 61.1 Å². The maximum absolute atomic E-state index is 12.3. The van der Waals surface area contributed by atoms with Gasteiger partial charge >= 0.3 is 5.69 Å². The predicted octanol–water partition coefficient (Wildman–Crippen LogP) is 0.224. The molecule has 0 fully saturated rings. The summed E-state index contributed by atoms with van der Waals surface area (Å²) >= 11 is 0. The number of hydrogen-bond acceptors (Lipinski definition) is 7. The number of likely N-dealkylation sites (N-methyl/N-ethyl adjacent to an activating group) is 1. The van der Waals surface area contributed by atoms with Crippen LogP contribution in [-0.2, 0) is 6.54 Å². The van der Waals surface area contributed by atoms with E-state index in [1.54, 1.807) is 0 Å². The number of aromatic amines is 1. The van der Waals surface area contributed by atoms with Gasteiger partial charge in [-0.25, -0.2) is 9.78 Å². The van der Waals surface area contributed by atoms with Crippen molar-refractivity contribution in [2.75, 3.05) is 20.1 Å². The monoisotopic (exact) mass is 387 g/mol. The average Bonchev–Trinajstić information content (AvgIpc) is 2.60. The second-order valence-corrected chi connectivity index (χ2v) is 7.16. The fourth-order valence-electron chi connectivity index (χ4n) is 3.20. The summed E-state index contributed by atoms with van der Waals surface area (Å²) in [6.07, 6.45) is -0.334. The molecule has 2 heterocycles. The summed E-state index contributed by atoms with van der Waals surface area (Å²) in [4.78, 5) is 36.7. The number of hydrogen-bond donors (Lipinski definition) is 3. The van der Waals surface area contributed by atoms with Crippen molar-refractivity contribution in [3.8, 4) is 11.5 Å². The molecule has 0 radical (unpaired) electrons. The first-order valence-corrected chi connectivity index (χ1v) is 9.23. The number of H-pyrrole nitrogens is 1. The van der Waals surface area contributed by atoms with Gasteiger partial charge in [0.1, 0.15) is 0 Å². The molecule has 1 aromatic carbocycles. The van der Waals surface area contributed by atoms with Gasteiger partial charge in [-0.3, -0.25) is 9.78 Å². The molecule has 0 unspecified atom stereocenters. The van der Waals surface area contributed by atoms with E-state index in [9.17, 15) is 9.59 Å². The van der Waals surface area contributed by atoms with Crippen molar-refractivity contribution in [1.29, 1.82) is 0 Å². The molecule has 9 heteroatoms. The van der Waals surface area contributed by atoms with Crippen LogP contribution in [0.2, 0.25) is 0 Å². The van der Waals surface area contributed by atoms with Gasteiger partial charge in [0.15, 0.2) is 17.8 Å². The van der Waals surface area contributed by atoms with Crippen molar-refractivity contribution in [1.82, 2.24) is 24.4 Å². The van der Waals surface area contributed by atoms with E-state index in [0.717, 1.165) is 16.6 Å². The van der Waals surface area contributed by atoms with Crippen LogP contribution in [0.15, 0.2) is 21.7 Å². The molecule has 0 bridgehead atoms. The van der Waals surface area contributed by atoms with Crippen LogP contribution < -0.4 is 11.2 Å². The van der Waals surface area contributed by atoms with Crippen molar-refractivity contribution in [2.45, 2.75) is 39.5 Å². The van der Waals surface area contributed by atoms with E-state index < -0.39 is 17.5 Å². The molecule has 0 spiro atoms. The van der Waals surface area contributed by atoms with Crippen molar-refractivity contribution >= 4 is 11.0 Å². The molecule has 0 atom stereocenters. The molecular formula is C19H25N5O4. The van der Waals surface area contributed by atoms with E-state index in [4.69, 9.17) is 10.2 Å². The minimum atomic E-state index is -1.30. The lowest BCUT2D eigenvalue weighted by atomic mass is 10.1. The van der Waals surface area contributed by atoms with Gasteiger partial charge in [0.2, 0.25) is 0 Å². The lowest BCUT2D eigenvalue weighted by Gasteiger charge is -2.21. The highest BCUT2D eigenvalue weighted by Gasteiger charge is 2.19. The topological polar surface area (TPSA) is 124 Å². The molecule has 2 aliphatic rings. The summed E-state index contributed by atoms with van der Waals surface area (Å²) in [5.74, 6) is 0.267. The Balaban J connectivity index is 2.01. The number of fused-ring (bicyclic) bond motifs is 2. The van der Waals surface area contributed by atoms with Gasteiger partial charge in [0, 0.05) is 13.1 Å². The van der Waals surface area contributed by atoms with Gasteiger partial charge in [-0.15, -0.1) is 0 Å². The molecule has 0 amide bonds. The number of aliphatic hydroxyl groups excluding tert-OH is 1. The van der Waals surface area contributed by atoms with Crippen LogP contribution in [0.25, 0.3) is 22.6 Å². The third kappa shape index (κ3) is 4.27. The molecule has 28 heavy (non-hydrogen) atoms. The number of nitrogens with one attached hydrogen (secondary N) is 1. The first-order valence-electron chi connectivity index (χ1n) is 9.23. The molecule has 1 aromatic rings. The predicted molar refractivity (Wildman–Crippen MR) is 105 cm³/mol. The highest BCUT2D eigenvalue weighted by molar-refractivity contribution is 5.81. The van der Waals surface area contributed by atoms with Crippen LogP contribution in [0, 0.1) is 13.8 Å². The molecule has 3 N–H and O–H groups in total. The fraction of sp³-hybridized carbons (Fsp3) is 0.474. The summed E-state index contributed by atoms with van der Waals surface area (Å²) in [6, 6.07) is 3.92. The third-order valence-electron chi connectivity index (χ3n) is 4.93. The smallest absolute Gasteiger partial charge is 0.349 e. The largest absolute Gasteiger partial charge is 0.368 e. The summed E-state index contributed by atoms with van der Waals surface area (Å²) in [5.41, 5.74) is 2.53. The Bertz CT molecular complexity index is 1070. The normalized spacial score (nSPS) is 12.0. The number of aliphatic hydroxyl groups is 2. The first-order chi connectivity index (χ1) is 13.3. The fourth-order valence-corrected chi connectivity index (χ4v) is 3.20. The Hall–Kier alpha value is -2.62. The van der Waals surface area contributed by atoms with Gasteiger partial charge in [-0.2, -0.15) is 4.98 Å². The Labute approximate surface area is 161 Å². The van der Waals surface area contributed by atoms with Crippen molar-refractivity contribution in [3.05, 3.63) is 44.1 Å². The van der Waals surface area contributed by atoms with E-state index in [-0.39, 0.29) is 11.5 Å². The highest BCUT2D eigenvalue weighted by atomic mass is 16.5. The Kier molecular flexibility index (Phi) is 5.87. The van der Waals surface area contributed by atoms with Crippen molar-refractivity contribution in [2.24, 2.45) is 0 Å². The maximum atomic E-state index is 12.3. The SMILES string of the molecule is Cc1cc2nc3c(=O)[nH]c(=O)nc-3n(CCN(C)CCCC(O)O)c2cc1C. The zero-order valence-electron chi connectivity index (χ0n) is 16.3. The van der Waals surface area contributed by atoms with E-state index in [1.165, 1.54) is 0 Å². The molecule has 0 saturated heterocycles. The lowest BCUT2D eigenvalue weighted by Crippen LogP contribution is -2.31.